The minimum atomic E-state index is -3.15. The van der Waals surface area contributed by atoms with Crippen LogP contribution in [0.25, 0.3) is 0 Å². The van der Waals surface area contributed by atoms with Crippen molar-refractivity contribution in [1.29, 1.82) is 0 Å². The zero-order valence-corrected chi connectivity index (χ0v) is 14.0. The van der Waals surface area contributed by atoms with Crippen molar-refractivity contribution < 1.29 is 13.2 Å². The Morgan fingerprint density at radius 2 is 1.90 bits per heavy atom. The van der Waals surface area contributed by atoms with Gasteiger partial charge in [0.15, 0.2) is 9.84 Å². The van der Waals surface area contributed by atoms with Crippen molar-refractivity contribution in [2.45, 2.75) is 50.7 Å². The highest BCUT2D eigenvalue weighted by molar-refractivity contribution is 7.90. The molecule has 4 nitrogen and oxygen atoms in total. The van der Waals surface area contributed by atoms with Gasteiger partial charge in [0.2, 0.25) is 0 Å². The van der Waals surface area contributed by atoms with Crippen molar-refractivity contribution >= 4 is 9.84 Å². The van der Waals surface area contributed by atoms with Crippen LogP contribution in [0.5, 0.6) is 5.75 Å². The van der Waals surface area contributed by atoms with E-state index in [-0.39, 0.29) is 11.5 Å². The summed E-state index contributed by atoms with van der Waals surface area (Å²) >= 11 is 0. The average Bonchev–Trinajstić information content (AvgIpc) is 2.41. The number of nitrogens with one attached hydrogen (secondary N) is 1. The highest BCUT2D eigenvalue weighted by Gasteiger charge is 2.49. The van der Waals surface area contributed by atoms with Crippen molar-refractivity contribution in [1.82, 2.24) is 5.32 Å². The van der Waals surface area contributed by atoms with Gasteiger partial charge in [-0.25, -0.2) is 8.42 Å². The maximum Gasteiger partial charge on any atom is 0.175 e. The van der Waals surface area contributed by atoms with Crippen LogP contribution in [0.15, 0.2) is 29.2 Å². The van der Waals surface area contributed by atoms with E-state index < -0.39 is 9.84 Å². The third-order valence-corrected chi connectivity index (χ3v) is 5.48. The van der Waals surface area contributed by atoms with E-state index in [2.05, 4.69) is 26.1 Å². The summed E-state index contributed by atoms with van der Waals surface area (Å²) in [6.07, 6.45) is 3.49. The minimum absolute atomic E-state index is 0.0880. The van der Waals surface area contributed by atoms with Gasteiger partial charge < -0.3 is 10.1 Å². The molecule has 0 aliphatic heterocycles. The molecule has 1 aliphatic rings. The molecular weight excluding hydrogens is 286 g/mol. The lowest BCUT2D eigenvalue weighted by Crippen LogP contribution is -2.62. The van der Waals surface area contributed by atoms with Crippen LogP contribution in [0.3, 0.4) is 0 Å². The number of ether oxygens (including phenoxy) is 1. The normalized spacial score (nSPS) is 24.4. The third-order valence-electron chi connectivity index (χ3n) is 4.35. The summed E-state index contributed by atoms with van der Waals surface area (Å²) in [7, 11) is -3.15. The van der Waals surface area contributed by atoms with Crippen LogP contribution in [0.4, 0.5) is 0 Å². The van der Waals surface area contributed by atoms with Gasteiger partial charge in [0.1, 0.15) is 11.9 Å². The predicted molar refractivity (Wildman–Crippen MR) is 84.4 cm³/mol. The molecule has 0 heterocycles. The number of hydrogen-bond donors (Lipinski definition) is 1. The first kappa shape index (κ1) is 16.3. The SMILES string of the molecule is CCCNC1CC(Oc2ccc(S(C)(=O)=O)cc2)C1(C)C. The van der Waals surface area contributed by atoms with Crippen LogP contribution in [0.2, 0.25) is 0 Å². The molecule has 1 aromatic carbocycles. The van der Waals surface area contributed by atoms with Gasteiger partial charge in [0, 0.05) is 24.1 Å². The molecule has 5 heteroatoms. The number of hydrogen-bond acceptors (Lipinski definition) is 4. The fourth-order valence-corrected chi connectivity index (χ4v) is 3.31. The number of sulfone groups is 1. The monoisotopic (exact) mass is 311 g/mol. The first-order valence-electron chi connectivity index (χ1n) is 7.45. The summed E-state index contributed by atoms with van der Waals surface area (Å²) in [4.78, 5) is 0.324. The highest BCUT2D eigenvalue weighted by atomic mass is 32.2. The summed E-state index contributed by atoms with van der Waals surface area (Å²) in [5, 5.41) is 3.54. The lowest BCUT2D eigenvalue weighted by Gasteiger charge is -2.51. The van der Waals surface area contributed by atoms with Crippen molar-refractivity contribution in [3.05, 3.63) is 24.3 Å². The van der Waals surface area contributed by atoms with Crippen LogP contribution in [-0.2, 0) is 9.84 Å². The van der Waals surface area contributed by atoms with E-state index in [0.717, 1.165) is 25.1 Å². The second-order valence-electron chi connectivity index (χ2n) is 6.41. The van der Waals surface area contributed by atoms with Crippen molar-refractivity contribution in [2.24, 2.45) is 5.41 Å². The molecule has 0 aromatic heterocycles. The zero-order chi connectivity index (χ0) is 15.7. The van der Waals surface area contributed by atoms with Crippen LogP contribution < -0.4 is 10.1 Å². The largest absolute Gasteiger partial charge is 0.490 e. The molecule has 0 spiro atoms. The summed E-state index contributed by atoms with van der Waals surface area (Å²) in [6, 6.07) is 7.16. The predicted octanol–water partition coefficient (Wildman–Crippen LogP) is 2.64. The Morgan fingerprint density at radius 3 is 2.38 bits per heavy atom. The Bertz CT molecular complexity index is 578. The minimum Gasteiger partial charge on any atom is -0.490 e. The molecule has 2 unspecified atom stereocenters. The molecule has 118 valence electrons. The molecule has 2 atom stereocenters. The van der Waals surface area contributed by atoms with E-state index >= 15 is 0 Å². The molecule has 1 aliphatic carbocycles. The Hall–Kier alpha value is -1.07. The van der Waals surface area contributed by atoms with Crippen LogP contribution in [-0.4, -0.2) is 33.4 Å². The van der Waals surface area contributed by atoms with E-state index in [4.69, 9.17) is 4.74 Å². The van der Waals surface area contributed by atoms with Gasteiger partial charge in [-0.2, -0.15) is 0 Å². The lowest BCUT2D eigenvalue weighted by atomic mass is 9.64. The van der Waals surface area contributed by atoms with Gasteiger partial charge in [-0.1, -0.05) is 20.8 Å². The molecule has 21 heavy (non-hydrogen) atoms. The Balaban J connectivity index is 1.97. The number of rotatable bonds is 6. The molecule has 0 radical (unpaired) electrons. The smallest absolute Gasteiger partial charge is 0.175 e. The van der Waals surface area contributed by atoms with Gasteiger partial charge in [-0.3, -0.25) is 0 Å². The van der Waals surface area contributed by atoms with Crippen molar-refractivity contribution in [3.8, 4) is 5.75 Å². The Morgan fingerprint density at radius 1 is 1.29 bits per heavy atom. The average molecular weight is 311 g/mol. The van der Waals surface area contributed by atoms with Crippen molar-refractivity contribution in [3.63, 3.8) is 0 Å². The molecule has 0 saturated heterocycles. The Labute approximate surface area is 127 Å². The maximum absolute atomic E-state index is 11.4. The number of benzene rings is 1. The molecule has 2 rings (SSSR count). The van der Waals surface area contributed by atoms with Crippen LogP contribution in [0, 0.1) is 5.41 Å². The van der Waals surface area contributed by atoms with E-state index in [9.17, 15) is 8.42 Å². The summed E-state index contributed by atoms with van der Waals surface area (Å²) in [5.74, 6) is 0.731. The first-order chi connectivity index (χ1) is 9.75. The Kier molecular flexibility index (Phi) is 4.63. The summed E-state index contributed by atoms with van der Waals surface area (Å²) in [5.41, 5.74) is 0.0880. The standard InChI is InChI=1S/C16H25NO3S/c1-5-10-17-14-11-15(16(14,2)3)20-12-6-8-13(9-7-12)21(4,18)19/h6-9,14-15,17H,5,10-11H2,1-4H3. The highest BCUT2D eigenvalue weighted by Crippen LogP contribution is 2.43. The molecule has 1 saturated carbocycles. The quantitative estimate of drug-likeness (QED) is 0.877. The zero-order valence-electron chi connectivity index (χ0n) is 13.2. The van der Waals surface area contributed by atoms with Gasteiger partial charge in [-0.15, -0.1) is 0 Å². The second-order valence-corrected chi connectivity index (χ2v) is 8.43. The van der Waals surface area contributed by atoms with Crippen LogP contribution in [0.1, 0.15) is 33.6 Å². The van der Waals surface area contributed by atoms with E-state index in [1.54, 1.807) is 24.3 Å². The summed E-state index contributed by atoms with van der Waals surface area (Å²) in [6.45, 7) is 7.61. The third kappa shape index (κ3) is 3.58. The van der Waals surface area contributed by atoms with E-state index in [0.29, 0.717) is 10.9 Å². The topological polar surface area (TPSA) is 55.4 Å². The van der Waals surface area contributed by atoms with Gasteiger partial charge >= 0.3 is 0 Å². The summed E-state index contributed by atoms with van der Waals surface area (Å²) < 4.78 is 28.9. The van der Waals surface area contributed by atoms with Gasteiger partial charge in [-0.05, 0) is 37.2 Å². The molecule has 0 amide bonds. The van der Waals surface area contributed by atoms with E-state index in [1.807, 2.05) is 0 Å². The first-order valence-corrected chi connectivity index (χ1v) is 9.34. The van der Waals surface area contributed by atoms with Crippen LogP contribution >= 0.6 is 0 Å². The van der Waals surface area contributed by atoms with E-state index in [1.165, 1.54) is 6.26 Å². The fourth-order valence-electron chi connectivity index (χ4n) is 2.68. The van der Waals surface area contributed by atoms with Gasteiger partial charge in [0.05, 0.1) is 4.90 Å². The lowest BCUT2D eigenvalue weighted by molar-refractivity contribution is -0.0546. The maximum atomic E-state index is 11.4. The molecule has 1 aromatic rings. The van der Waals surface area contributed by atoms with Gasteiger partial charge in [0.25, 0.3) is 0 Å². The molecule has 1 N–H and O–H groups in total. The molecule has 1 fully saturated rings. The fraction of sp³-hybridized carbons (Fsp3) is 0.625. The molecular formula is C16H25NO3S. The van der Waals surface area contributed by atoms with Crippen molar-refractivity contribution in [2.75, 3.05) is 12.8 Å². The second kappa shape index (κ2) is 5.97. The molecule has 0 bridgehead atoms.